The van der Waals surface area contributed by atoms with Crippen molar-refractivity contribution in [1.29, 1.82) is 0 Å². The summed E-state index contributed by atoms with van der Waals surface area (Å²) in [6, 6.07) is 0. The van der Waals surface area contributed by atoms with Crippen molar-refractivity contribution < 1.29 is 4.79 Å². The second-order valence-corrected chi connectivity index (χ2v) is 6.66. The molecule has 17 heavy (non-hydrogen) atoms. The Bertz CT molecular complexity index is 387. The molecule has 0 bridgehead atoms. The topological polar surface area (TPSA) is 33.2 Å². The first kappa shape index (κ1) is 11.5. The fourth-order valence-corrected chi connectivity index (χ4v) is 4.88. The second-order valence-electron chi connectivity index (χ2n) is 4.68. The largest absolute Gasteiger partial charge is 0.274 e. The van der Waals surface area contributed by atoms with E-state index in [2.05, 4.69) is 4.98 Å². The van der Waals surface area contributed by atoms with Gasteiger partial charge in [0, 0.05) is 11.6 Å². The fourth-order valence-electron chi connectivity index (χ4n) is 2.76. The van der Waals surface area contributed by atoms with Gasteiger partial charge in [-0.05, 0) is 18.8 Å². The molecule has 5 heteroatoms. The van der Waals surface area contributed by atoms with Crippen LogP contribution in [0.1, 0.15) is 32.1 Å². The number of hydrogen-bond acceptors (Lipinski definition) is 4. The Morgan fingerprint density at radius 1 is 1.29 bits per heavy atom. The van der Waals surface area contributed by atoms with Crippen molar-refractivity contribution in [2.24, 2.45) is 5.92 Å². The maximum absolute atomic E-state index is 12.0. The predicted octanol–water partition coefficient (Wildman–Crippen LogP) is 3.13. The van der Waals surface area contributed by atoms with E-state index in [9.17, 15) is 4.79 Å². The van der Waals surface area contributed by atoms with Crippen molar-refractivity contribution >= 4 is 34.1 Å². The number of amides is 1. The third kappa shape index (κ3) is 2.22. The Morgan fingerprint density at radius 3 is 2.82 bits per heavy atom. The summed E-state index contributed by atoms with van der Waals surface area (Å²) >= 11 is 3.38. The molecule has 92 valence electrons. The number of aromatic nitrogens is 1. The number of nitrogens with zero attached hydrogens (tertiary/aromatic N) is 2. The number of hydrogen-bond donors (Lipinski definition) is 0. The number of thiazole rings is 1. The zero-order valence-corrected chi connectivity index (χ0v) is 11.3. The number of carbonyl (C=O) groups excluding carboxylic acids is 1. The summed E-state index contributed by atoms with van der Waals surface area (Å²) in [6.45, 7) is 0. The third-order valence-corrected chi connectivity index (χ3v) is 5.70. The van der Waals surface area contributed by atoms with E-state index < -0.39 is 0 Å². The average Bonchev–Trinajstić information content (AvgIpc) is 2.99. The van der Waals surface area contributed by atoms with Crippen LogP contribution in [0.15, 0.2) is 11.6 Å². The Labute approximate surface area is 110 Å². The van der Waals surface area contributed by atoms with Crippen LogP contribution in [0.5, 0.6) is 0 Å². The zero-order chi connectivity index (χ0) is 11.7. The first-order valence-electron chi connectivity index (χ1n) is 6.19. The molecule has 1 aromatic heterocycles. The average molecular weight is 268 g/mol. The Balaban J connectivity index is 1.81. The minimum atomic E-state index is 0.237. The SMILES string of the molecule is O=C1CSC(C2CCCCC2)N1c1nccs1. The van der Waals surface area contributed by atoms with Crippen molar-refractivity contribution in [3.8, 4) is 0 Å². The molecule has 1 saturated carbocycles. The summed E-state index contributed by atoms with van der Waals surface area (Å²) in [7, 11) is 0. The molecule has 1 amide bonds. The first-order valence-corrected chi connectivity index (χ1v) is 8.12. The molecule has 1 saturated heterocycles. The second kappa shape index (κ2) is 4.98. The zero-order valence-electron chi connectivity index (χ0n) is 9.67. The molecule has 3 nitrogen and oxygen atoms in total. The normalized spacial score (nSPS) is 26.7. The fraction of sp³-hybridized carbons (Fsp3) is 0.667. The highest BCUT2D eigenvalue weighted by atomic mass is 32.2. The Hall–Kier alpha value is -0.550. The summed E-state index contributed by atoms with van der Waals surface area (Å²) < 4.78 is 0. The van der Waals surface area contributed by atoms with E-state index in [1.165, 1.54) is 32.1 Å². The summed E-state index contributed by atoms with van der Waals surface area (Å²) in [5, 5.41) is 3.17. The Morgan fingerprint density at radius 2 is 2.12 bits per heavy atom. The molecule has 0 aromatic carbocycles. The van der Waals surface area contributed by atoms with E-state index in [4.69, 9.17) is 0 Å². The van der Waals surface area contributed by atoms with Crippen LogP contribution >= 0.6 is 23.1 Å². The minimum Gasteiger partial charge on any atom is -0.274 e. The monoisotopic (exact) mass is 268 g/mol. The van der Waals surface area contributed by atoms with E-state index >= 15 is 0 Å². The molecule has 1 atom stereocenters. The van der Waals surface area contributed by atoms with E-state index in [1.54, 1.807) is 29.3 Å². The Kier molecular flexibility index (Phi) is 3.38. The number of rotatable bonds is 2. The van der Waals surface area contributed by atoms with Crippen LogP contribution in [-0.2, 0) is 4.79 Å². The number of thioether (sulfide) groups is 1. The lowest BCUT2D eigenvalue weighted by atomic mass is 9.88. The van der Waals surface area contributed by atoms with Crippen molar-refractivity contribution in [2.75, 3.05) is 10.7 Å². The lowest BCUT2D eigenvalue weighted by Crippen LogP contribution is -2.38. The van der Waals surface area contributed by atoms with Gasteiger partial charge in [0.05, 0.1) is 11.1 Å². The smallest absolute Gasteiger partial charge is 0.239 e. The van der Waals surface area contributed by atoms with Gasteiger partial charge < -0.3 is 0 Å². The van der Waals surface area contributed by atoms with E-state index in [0.29, 0.717) is 17.0 Å². The van der Waals surface area contributed by atoms with Gasteiger partial charge in [0.2, 0.25) is 5.91 Å². The summed E-state index contributed by atoms with van der Waals surface area (Å²) in [5.74, 6) is 1.53. The highest BCUT2D eigenvalue weighted by Gasteiger charge is 2.39. The molecule has 0 radical (unpaired) electrons. The van der Waals surface area contributed by atoms with Crippen molar-refractivity contribution in [3.05, 3.63) is 11.6 Å². The highest BCUT2D eigenvalue weighted by Crippen LogP contribution is 2.41. The molecule has 1 unspecified atom stereocenters. The van der Waals surface area contributed by atoms with E-state index in [0.717, 1.165) is 5.13 Å². The van der Waals surface area contributed by atoms with Crippen LogP contribution in [0.4, 0.5) is 5.13 Å². The molecule has 2 heterocycles. The molecule has 1 aliphatic heterocycles. The van der Waals surface area contributed by atoms with Gasteiger partial charge in [-0.3, -0.25) is 9.69 Å². The molecule has 1 aliphatic carbocycles. The van der Waals surface area contributed by atoms with Gasteiger partial charge in [0.25, 0.3) is 0 Å². The molecular weight excluding hydrogens is 252 g/mol. The lowest BCUT2D eigenvalue weighted by molar-refractivity contribution is -0.116. The van der Waals surface area contributed by atoms with Gasteiger partial charge in [-0.1, -0.05) is 19.3 Å². The molecule has 2 aliphatic rings. The van der Waals surface area contributed by atoms with Gasteiger partial charge in [-0.2, -0.15) is 0 Å². The predicted molar refractivity (Wildman–Crippen MR) is 72.4 cm³/mol. The summed E-state index contributed by atoms with van der Waals surface area (Å²) in [5.41, 5.74) is 0. The molecule has 0 N–H and O–H groups in total. The maximum Gasteiger partial charge on any atom is 0.239 e. The highest BCUT2D eigenvalue weighted by molar-refractivity contribution is 8.01. The van der Waals surface area contributed by atoms with Crippen LogP contribution in [0.3, 0.4) is 0 Å². The van der Waals surface area contributed by atoms with Crippen LogP contribution in [0, 0.1) is 5.92 Å². The minimum absolute atomic E-state index is 0.237. The van der Waals surface area contributed by atoms with Crippen LogP contribution in [0.2, 0.25) is 0 Å². The van der Waals surface area contributed by atoms with E-state index in [-0.39, 0.29) is 5.91 Å². The van der Waals surface area contributed by atoms with Gasteiger partial charge in [0.1, 0.15) is 0 Å². The third-order valence-electron chi connectivity index (χ3n) is 3.58. The summed E-state index contributed by atoms with van der Waals surface area (Å²) in [6.07, 6.45) is 8.33. The molecule has 2 fully saturated rings. The number of anilines is 1. The number of carbonyl (C=O) groups is 1. The van der Waals surface area contributed by atoms with Crippen LogP contribution in [0.25, 0.3) is 0 Å². The first-order chi connectivity index (χ1) is 8.36. The molecular formula is C12H16N2OS2. The quantitative estimate of drug-likeness (QED) is 0.826. The van der Waals surface area contributed by atoms with E-state index in [1.807, 2.05) is 10.3 Å². The van der Waals surface area contributed by atoms with Gasteiger partial charge >= 0.3 is 0 Å². The molecule has 1 aromatic rings. The van der Waals surface area contributed by atoms with Crippen molar-refractivity contribution in [1.82, 2.24) is 4.98 Å². The van der Waals surface area contributed by atoms with Crippen molar-refractivity contribution in [3.63, 3.8) is 0 Å². The molecule has 0 spiro atoms. The van der Waals surface area contributed by atoms with Crippen LogP contribution < -0.4 is 4.90 Å². The van der Waals surface area contributed by atoms with Crippen molar-refractivity contribution in [2.45, 2.75) is 37.5 Å². The standard InChI is InChI=1S/C12H16N2OS2/c15-10-8-17-11(9-4-2-1-3-5-9)14(10)12-13-6-7-16-12/h6-7,9,11H,1-5,8H2. The van der Waals surface area contributed by atoms with Crippen LogP contribution in [-0.4, -0.2) is 22.0 Å². The summed E-state index contributed by atoms with van der Waals surface area (Å²) in [4.78, 5) is 18.3. The van der Waals surface area contributed by atoms with Gasteiger partial charge in [-0.15, -0.1) is 23.1 Å². The van der Waals surface area contributed by atoms with Gasteiger partial charge in [0.15, 0.2) is 5.13 Å². The maximum atomic E-state index is 12.0. The lowest BCUT2D eigenvalue weighted by Gasteiger charge is -2.31. The van der Waals surface area contributed by atoms with Gasteiger partial charge in [-0.25, -0.2) is 4.98 Å². The molecule has 3 rings (SSSR count).